The van der Waals surface area contributed by atoms with Gasteiger partial charge in [0.2, 0.25) is 0 Å². The summed E-state index contributed by atoms with van der Waals surface area (Å²) in [5.41, 5.74) is 25.9. The van der Waals surface area contributed by atoms with Gasteiger partial charge in [-0.2, -0.15) is 0 Å². The second-order valence-electron chi connectivity index (χ2n) is 32.0. The lowest BCUT2D eigenvalue weighted by Gasteiger charge is -2.32. The van der Waals surface area contributed by atoms with Crippen LogP contribution in [0.3, 0.4) is 0 Å². The highest BCUT2D eigenvalue weighted by atomic mass is 35.5. The first-order valence-corrected chi connectivity index (χ1v) is 39.4. The smallest absolute Gasteiger partial charge is 0.456 e. The fraction of sp³-hybridized carbons (Fsp3) is 0.137. The zero-order valence-electron chi connectivity index (χ0n) is 64.7. The molecule has 1 fully saturated rings. The standard InChI is InChI=1S/C48H33N3O.C27H27BO3.C27H20ClN3/c1-48(2)41-27-35(24-25-37(41)39-28-40-38-18-9-10-19-43(38)52-44(40)29-42(39)48)34-16-11-17-36(26-34)47-50-45(32-14-7-4-8-15-32)49-46(51-47)33-22-20-31(21-23-33)30-12-5-3-6-13-30;1-25(2)21-13-16(28-30-26(3,4)27(5,6)31-28)11-12-17(21)19-14-20-18-9-7-8-10-23(18)29-24(20)15-22(19)25;28-24-13-7-12-23(18-24)27-30-25(21-10-5-2-6-11-21)29-26(31-27)22-16-14-20(15-17-22)19-8-3-1-4-9-19/h3-29H,1-2H3;7-15H,1-6H3;1-16,18,22H,17H2. The molecule has 0 spiro atoms. The van der Waals surface area contributed by atoms with Crippen molar-refractivity contribution in [2.24, 2.45) is 0 Å². The highest BCUT2D eigenvalue weighted by molar-refractivity contribution is 6.62. The van der Waals surface area contributed by atoms with E-state index < -0.39 is 0 Å². The summed E-state index contributed by atoms with van der Waals surface area (Å²) in [6, 6.07) is 105. The molecule has 4 aromatic heterocycles. The molecule has 13 aromatic carbocycles. The van der Waals surface area contributed by atoms with Crippen LogP contribution in [0.15, 0.2) is 330 Å². The summed E-state index contributed by atoms with van der Waals surface area (Å²) in [4.78, 5) is 29.5. The van der Waals surface area contributed by atoms with Gasteiger partial charge in [-0.05, 0) is 178 Å². The van der Waals surface area contributed by atoms with Gasteiger partial charge in [-0.1, -0.05) is 300 Å². The molecule has 552 valence electrons. The summed E-state index contributed by atoms with van der Waals surface area (Å²) in [5, 5.41) is 5.32. The first kappa shape index (κ1) is 71.5. The van der Waals surface area contributed by atoms with E-state index in [-0.39, 0.29) is 35.1 Å². The highest BCUT2D eigenvalue weighted by Gasteiger charge is 2.52. The van der Waals surface area contributed by atoms with Crippen molar-refractivity contribution in [2.75, 3.05) is 0 Å². The molecule has 0 bridgehead atoms. The summed E-state index contributed by atoms with van der Waals surface area (Å²) in [5.74, 6) is 4.10. The Morgan fingerprint density at radius 3 is 1.25 bits per heavy atom. The Labute approximate surface area is 668 Å². The fourth-order valence-corrected chi connectivity index (χ4v) is 16.7. The van der Waals surface area contributed by atoms with Gasteiger partial charge >= 0.3 is 7.12 Å². The van der Waals surface area contributed by atoms with E-state index in [4.69, 9.17) is 59.6 Å². The molecule has 0 saturated carbocycles. The summed E-state index contributed by atoms with van der Waals surface area (Å²) in [7, 11) is -0.352. The maximum Gasteiger partial charge on any atom is 0.494 e. The van der Waals surface area contributed by atoms with Crippen molar-refractivity contribution in [3.63, 3.8) is 0 Å². The van der Waals surface area contributed by atoms with Crippen LogP contribution in [0.5, 0.6) is 0 Å². The number of rotatable bonds is 10. The number of nitrogens with zero attached hydrogens (tertiary/aromatic N) is 6. The minimum Gasteiger partial charge on any atom is -0.456 e. The Bertz CT molecular complexity index is 6660. The average Bonchev–Trinajstić information content (AvgIpc) is 1.56. The van der Waals surface area contributed by atoms with Gasteiger partial charge in [-0.3, -0.25) is 0 Å². The second kappa shape index (κ2) is 28.5. The van der Waals surface area contributed by atoms with Crippen LogP contribution in [0.25, 0.3) is 151 Å². The largest absolute Gasteiger partial charge is 0.494 e. The van der Waals surface area contributed by atoms with E-state index in [1.54, 1.807) is 0 Å². The van der Waals surface area contributed by atoms with Crippen molar-refractivity contribution in [3.05, 3.63) is 360 Å². The molecule has 12 heteroatoms. The molecule has 21 rings (SSSR count). The van der Waals surface area contributed by atoms with Crippen molar-refractivity contribution in [1.29, 1.82) is 0 Å². The molecule has 0 radical (unpaired) electrons. The van der Waals surface area contributed by atoms with Gasteiger partial charge in [-0.15, -0.1) is 0 Å². The van der Waals surface area contributed by atoms with Crippen LogP contribution in [0.4, 0.5) is 0 Å². The zero-order chi connectivity index (χ0) is 77.6. The fourth-order valence-electron chi connectivity index (χ4n) is 16.5. The minimum atomic E-state index is -0.352. The molecule has 114 heavy (non-hydrogen) atoms. The Morgan fingerprint density at radius 2 is 0.711 bits per heavy atom. The van der Waals surface area contributed by atoms with Crippen LogP contribution in [-0.4, -0.2) is 48.2 Å². The number of benzene rings is 13. The summed E-state index contributed by atoms with van der Waals surface area (Å²) in [6.45, 7) is 17.6. The monoisotopic (exact) mass is 1500 g/mol. The number of fused-ring (bicyclic) bond motifs is 12. The average molecular weight is 1500 g/mol. The predicted molar refractivity (Wildman–Crippen MR) is 465 cm³/mol. The molecule has 5 heterocycles. The number of hydrogen-bond acceptors (Lipinski definition) is 10. The Balaban J connectivity index is 0.000000121. The molecule has 1 atom stereocenters. The van der Waals surface area contributed by atoms with Crippen molar-refractivity contribution in [3.8, 4) is 101 Å². The van der Waals surface area contributed by atoms with Crippen LogP contribution in [-0.2, 0) is 20.1 Å². The predicted octanol–water partition coefficient (Wildman–Crippen LogP) is 25.6. The molecule has 1 unspecified atom stereocenters. The summed E-state index contributed by atoms with van der Waals surface area (Å²) in [6.07, 6.45) is 7.45. The number of halogens is 1. The van der Waals surface area contributed by atoms with Gasteiger partial charge in [-0.25, -0.2) is 29.9 Å². The molecular weight excluding hydrogens is 1420 g/mol. The lowest BCUT2D eigenvalue weighted by Crippen LogP contribution is -2.41. The SMILES string of the molecule is CC1(C)c2cc(-c3cccc(-c4nc(-c5ccccc5)nc(-c5ccc(-c6ccccc6)cc5)n4)c3)ccc2-c2cc3c(cc21)oc1ccccc13.CC1(C)c2cc(B3OC(C)(C)C(C)(C)O3)ccc2-c2cc3c(cc21)oc1ccccc13.Clc1cccc(-c2nc(-c3ccccc3)nc(C3C=CC(c4ccccc4)=CC3)n2)c1. The van der Waals surface area contributed by atoms with Crippen LogP contribution >= 0.6 is 11.6 Å². The van der Waals surface area contributed by atoms with E-state index >= 15 is 0 Å². The van der Waals surface area contributed by atoms with Gasteiger partial charge in [0.1, 0.15) is 28.2 Å². The molecule has 10 nitrogen and oxygen atoms in total. The van der Waals surface area contributed by atoms with Gasteiger partial charge in [0.15, 0.2) is 29.1 Å². The van der Waals surface area contributed by atoms with Crippen LogP contribution in [0, 0.1) is 0 Å². The highest BCUT2D eigenvalue weighted by Crippen LogP contribution is 2.54. The first-order valence-electron chi connectivity index (χ1n) is 39.0. The van der Waals surface area contributed by atoms with Crippen molar-refractivity contribution in [1.82, 2.24) is 29.9 Å². The maximum absolute atomic E-state index is 6.32. The van der Waals surface area contributed by atoms with Crippen LogP contribution in [0.1, 0.15) is 101 Å². The Kier molecular flexibility index (Phi) is 17.9. The number of hydrogen-bond donors (Lipinski definition) is 0. The molecule has 3 aliphatic carbocycles. The molecule has 1 aliphatic heterocycles. The van der Waals surface area contributed by atoms with Gasteiger partial charge in [0.25, 0.3) is 0 Å². The second-order valence-corrected chi connectivity index (χ2v) is 32.5. The third-order valence-electron chi connectivity index (χ3n) is 23.6. The van der Waals surface area contributed by atoms with E-state index in [2.05, 4.69) is 256 Å². The van der Waals surface area contributed by atoms with E-state index in [1.807, 2.05) is 121 Å². The van der Waals surface area contributed by atoms with Crippen LogP contribution in [0.2, 0.25) is 5.02 Å². The quantitative estimate of drug-likeness (QED) is 0.122. The van der Waals surface area contributed by atoms with E-state index in [0.29, 0.717) is 34.1 Å². The first-order chi connectivity index (χ1) is 55.3. The number of furan rings is 2. The molecule has 0 amide bonds. The molecule has 0 N–H and O–H groups in total. The number of aromatic nitrogens is 6. The number of allylic oxidation sites excluding steroid dienone is 4. The van der Waals surface area contributed by atoms with Crippen molar-refractivity contribution >= 4 is 73.6 Å². The molecular formula is C102H80BClN6O4. The van der Waals surface area contributed by atoms with Crippen molar-refractivity contribution in [2.45, 2.75) is 89.8 Å². The topological polar surface area (TPSA) is 122 Å². The third-order valence-corrected chi connectivity index (χ3v) is 23.8. The van der Waals surface area contributed by atoms with E-state index in [9.17, 15) is 0 Å². The Morgan fingerprint density at radius 1 is 0.316 bits per heavy atom. The summed E-state index contributed by atoms with van der Waals surface area (Å²) < 4.78 is 25.1. The lowest BCUT2D eigenvalue weighted by molar-refractivity contribution is 0.00578. The zero-order valence-corrected chi connectivity index (χ0v) is 65.4. The molecule has 1 saturated heterocycles. The lowest BCUT2D eigenvalue weighted by atomic mass is 9.74. The molecule has 4 aliphatic rings. The van der Waals surface area contributed by atoms with Gasteiger partial charge < -0.3 is 18.1 Å². The third kappa shape index (κ3) is 13.1. The van der Waals surface area contributed by atoms with Crippen LogP contribution < -0.4 is 5.46 Å². The normalized spacial score (nSPS) is 15.7. The number of para-hydroxylation sites is 2. The van der Waals surface area contributed by atoms with Gasteiger partial charge in [0, 0.05) is 71.1 Å². The Hall–Kier alpha value is -12.8. The summed E-state index contributed by atoms with van der Waals surface area (Å²) >= 11 is 6.22. The minimum absolute atomic E-state index is 0.0934. The van der Waals surface area contributed by atoms with E-state index in [0.717, 1.165) is 95.3 Å². The van der Waals surface area contributed by atoms with E-state index in [1.165, 1.54) is 72.0 Å². The van der Waals surface area contributed by atoms with Gasteiger partial charge in [0.05, 0.1) is 11.2 Å². The molecule has 17 aromatic rings. The maximum atomic E-state index is 6.32. The van der Waals surface area contributed by atoms with Crippen molar-refractivity contribution < 1.29 is 18.1 Å².